The molecule has 0 heterocycles. The number of benzene rings is 1. The number of hydrogen-bond donors (Lipinski definition) is 0. The summed E-state index contributed by atoms with van der Waals surface area (Å²) in [6.07, 6.45) is 4.19. The lowest BCUT2D eigenvalue weighted by Gasteiger charge is -2.27. The molecule has 0 saturated heterocycles. The molecule has 0 aromatic heterocycles. The molecular weight excluding hydrogens is 280 g/mol. The third-order valence-electron chi connectivity index (χ3n) is 4.17. The average molecular weight is 300 g/mol. The Morgan fingerprint density at radius 2 is 1.62 bits per heavy atom. The number of rotatable bonds is 4. The van der Waals surface area contributed by atoms with Gasteiger partial charge < -0.3 is 0 Å². The van der Waals surface area contributed by atoms with Crippen LogP contribution in [0, 0.1) is 5.92 Å². The van der Waals surface area contributed by atoms with Gasteiger partial charge in [-0.25, -0.2) is 0 Å². The molecule has 0 radical (unpaired) electrons. The van der Waals surface area contributed by atoms with Crippen LogP contribution in [0.15, 0.2) is 36.4 Å². The highest BCUT2D eigenvalue weighted by Crippen LogP contribution is 2.37. The predicted molar refractivity (Wildman–Crippen MR) is 75.9 cm³/mol. The molecule has 1 fully saturated rings. The Morgan fingerprint density at radius 1 is 1.00 bits per heavy atom. The molecular formula is C17H20F4. The van der Waals surface area contributed by atoms with E-state index in [1.54, 1.807) is 12.1 Å². The summed E-state index contributed by atoms with van der Waals surface area (Å²) >= 11 is 0. The topological polar surface area (TPSA) is 0 Å². The van der Waals surface area contributed by atoms with Crippen molar-refractivity contribution in [1.82, 2.24) is 0 Å². The zero-order valence-electron chi connectivity index (χ0n) is 11.9. The van der Waals surface area contributed by atoms with Gasteiger partial charge in [-0.15, -0.1) is 0 Å². The Labute approximate surface area is 122 Å². The molecule has 1 saturated carbocycles. The molecule has 0 N–H and O–H groups in total. The molecule has 1 aliphatic carbocycles. The Balaban J connectivity index is 1.90. The predicted octanol–water partition coefficient (Wildman–Crippen LogP) is 5.90. The number of allylic oxidation sites excluding steroid dienone is 2. The van der Waals surface area contributed by atoms with E-state index in [0.717, 1.165) is 31.2 Å². The van der Waals surface area contributed by atoms with Gasteiger partial charge in [-0.2, -0.15) is 13.2 Å². The largest absolute Gasteiger partial charge is 0.416 e. The van der Waals surface area contributed by atoms with Gasteiger partial charge in [0.2, 0.25) is 0 Å². The van der Waals surface area contributed by atoms with Gasteiger partial charge in [0.05, 0.1) is 12.2 Å². The van der Waals surface area contributed by atoms with E-state index in [-0.39, 0.29) is 6.67 Å². The van der Waals surface area contributed by atoms with Crippen molar-refractivity contribution in [3.05, 3.63) is 47.5 Å². The molecule has 4 heteroatoms. The Morgan fingerprint density at radius 3 is 2.14 bits per heavy atom. The van der Waals surface area contributed by atoms with Crippen molar-refractivity contribution in [1.29, 1.82) is 0 Å². The number of alkyl halides is 4. The van der Waals surface area contributed by atoms with Crippen molar-refractivity contribution in [3.63, 3.8) is 0 Å². The first-order valence-corrected chi connectivity index (χ1v) is 7.40. The van der Waals surface area contributed by atoms with Crippen LogP contribution in [0.3, 0.4) is 0 Å². The van der Waals surface area contributed by atoms with Crippen LogP contribution >= 0.6 is 0 Å². The van der Waals surface area contributed by atoms with E-state index in [4.69, 9.17) is 0 Å². The lowest BCUT2D eigenvalue weighted by molar-refractivity contribution is -0.137. The van der Waals surface area contributed by atoms with E-state index in [1.165, 1.54) is 12.1 Å². The molecule has 0 unspecified atom stereocenters. The summed E-state index contributed by atoms with van der Waals surface area (Å²) in [7, 11) is 0. The van der Waals surface area contributed by atoms with Crippen molar-refractivity contribution in [3.8, 4) is 0 Å². The van der Waals surface area contributed by atoms with E-state index >= 15 is 0 Å². The zero-order chi connectivity index (χ0) is 15.3. The summed E-state index contributed by atoms with van der Waals surface area (Å²) in [5.41, 5.74) is 0.406. The lowest BCUT2D eigenvalue weighted by Crippen LogP contribution is -2.12. The highest BCUT2D eigenvalue weighted by Gasteiger charge is 2.30. The molecule has 2 rings (SSSR count). The van der Waals surface area contributed by atoms with Crippen LogP contribution in [-0.2, 0) is 6.18 Å². The summed E-state index contributed by atoms with van der Waals surface area (Å²) in [6.45, 7) is -0.322. The van der Waals surface area contributed by atoms with Crippen molar-refractivity contribution in [2.24, 2.45) is 5.92 Å². The fourth-order valence-corrected chi connectivity index (χ4v) is 2.94. The minimum absolute atomic E-state index is 0.322. The Bertz CT molecular complexity index is 451. The van der Waals surface area contributed by atoms with Gasteiger partial charge >= 0.3 is 6.18 Å². The standard InChI is InChI=1S/C17H20F4/c18-12-2-1-3-13-4-6-14(7-5-13)15-8-10-16(11-9-15)17(19,20)21/h1,3,8-11,13-14H,2,4-7,12H2. The summed E-state index contributed by atoms with van der Waals surface area (Å²) in [5, 5.41) is 0. The van der Waals surface area contributed by atoms with Gasteiger partial charge in [-0.3, -0.25) is 4.39 Å². The normalized spacial score (nSPS) is 23.6. The number of halogens is 4. The first-order valence-electron chi connectivity index (χ1n) is 7.40. The smallest absolute Gasteiger partial charge is 0.251 e. The van der Waals surface area contributed by atoms with Gasteiger partial charge in [-0.05, 0) is 61.6 Å². The first-order chi connectivity index (χ1) is 10.0. The van der Waals surface area contributed by atoms with Gasteiger partial charge in [-0.1, -0.05) is 24.3 Å². The van der Waals surface area contributed by atoms with Crippen LogP contribution in [-0.4, -0.2) is 6.67 Å². The zero-order valence-corrected chi connectivity index (χ0v) is 11.9. The van der Waals surface area contributed by atoms with Crippen molar-refractivity contribution < 1.29 is 17.6 Å². The van der Waals surface area contributed by atoms with E-state index in [1.807, 2.05) is 6.08 Å². The third-order valence-corrected chi connectivity index (χ3v) is 4.17. The van der Waals surface area contributed by atoms with Gasteiger partial charge in [0.25, 0.3) is 0 Å². The van der Waals surface area contributed by atoms with E-state index in [9.17, 15) is 17.6 Å². The fraction of sp³-hybridized carbons (Fsp3) is 0.529. The molecule has 21 heavy (non-hydrogen) atoms. The van der Waals surface area contributed by atoms with Gasteiger partial charge in [0.1, 0.15) is 0 Å². The van der Waals surface area contributed by atoms with Crippen LogP contribution < -0.4 is 0 Å². The quantitative estimate of drug-likeness (QED) is 0.480. The van der Waals surface area contributed by atoms with Crippen LogP contribution in [0.2, 0.25) is 0 Å². The maximum Gasteiger partial charge on any atom is 0.416 e. The highest BCUT2D eigenvalue weighted by molar-refractivity contribution is 5.27. The highest BCUT2D eigenvalue weighted by atomic mass is 19.4. The maximum absolute atomic E-state index is 12.5. The Kier molecular flexibility index (Phi) is 5.43. The molecule has 1 aliphatic rings. The Hall–Kier alpha value is -1.32. The fourth-order valence-electron chi connectivity index (χ4n) is 2.94. The molecule has 0 aliphatic heterocycles. The summed E-state index contributed by atoms with van der Waals surface area (Å²) in [6, 6.07) is 5.55. The van der Waals surface area contributed by atoms with Crippen LogP contribution in [0.5, 0.6) is 0 Å². The second-order valence-electron chi connectivity index (χ2n) is 5.64. The molecule has 0 spiro atoms. The number of hydrogen-bond acceptors (Lipinski definition) is 0. The average Bonchev–Trinajstić information content (AvgIpc) is 2.48. The monoisotopic (exact) mass is 300 g/mol. The SMILES string of the molecule is FCCC=CC1CCC(c2ccc(C(F)(F)F)cc2)CC1. The van der Waals surface area contributed by atoms with Crippen LogP contribution in [0.4, 0.5) is 17.6 Å². The lowest BCUT2D eigenvalue weighted by atomic mass is 9.78. The summed E-state index contributed by atoms with van der Waals surface area (Å²) in [4.78, 5) is 0. The summed E-state index contributed by atoms with van der Waals surface area (Å²) < 4.78 is 49.6. The minimum Gasteiger partial charge on any atom is -0.251 e. The van der Waals surface area contributed by atoms with E-state index < -0.39 is 11.7 Å². The second-order valence-corrected chi connectivity index (χ2v) is 5.64. The molecule has 1 aromatic rings. The van der Waals surface area contributed by atoms with Crippen molar-refractivity contribution in [2.45, 2.75) is 44.2 Å². The van der Waals surface area contributed by atoms with Crippen LogP contribution in [0.25, 0.3) is 0 Å². The van der Waals surface area contributed by atoms with Crippen molar-refractivity contribution >= 4 is 0 Å². The van der Waals surface area contributed by atoms with Gasteiger partial charge in [0.15, 0.2) is 0 Å². The van der Waals surface area contributed by atoms with Crippen molar-refractivity contribution in [2.75, 3.05) is 6.67 Å². The molecule has 0 amide bonds. The van der Waals surface area contributed by atoms with E-state index in [2.05, 4.69) is 6.08 Å². The molecule has 1 aromatic carbocycles. The first kappa shape index (κ1) is 16.1. The maximum atomic E-state index is 12.5. The molecule has 0 nitrogen and oxygen atoms in total. The van der Waals surface area contributed by atoms with Gasteiger partial charge in [0, 0.05) is 0 Å². The minimum atomic E-state index is -4.27. The molecule has 0 atom stereocenters. The molecule has 116 valence electrons. The second kappa shape index (κ2) is 7.10. The summed E-state index contributed by atoms with van der Waals surface area (Å²) in [5.74, 6) is 0.834. The van der Waals surface area contributed by atoms with Crippen LogP contribution in [0.1, 0.15) is 49.1 Å². The van der Waals surface area contributed by atoms with E-state index in [0.29, 0.717) is 18.3 Å². The molecule has 0 bridgehead atoms. The third kappa shape index (κ3) is 4.58.